The molecule has 1 nitrogen and oxygen atoms in total. The van der Waals surface area contributed by atoms with Crippen LogP contribution in [0.5, 0.6) is 0 Å². The van der Waals surface area contributed by atoms with E-state index in [1.54, 1.807) is 0 Å². The highest BCUT2D eigenvalue weighted by molar-refractivity contribution is 9.10. The number of carbonyl (C=O) groups excluding carboxylic acids is 1. The summed E-state index contributed by atoms with van der Waals surface area (Å²) in [4.78, 5) is 12.4. The molecule has 0 bridgehead atoms. The molecular formula is C16H19BrO. The fourth-order valence-electron chi connectivity index (χ4n) is 2.32. The number of halogens is 1. The van der Waals surface area contributed by atoms with E-state index in [-0.39, 0.29) is 5.78 Å². The molecule has 2 rings (SSSR count). The number of aryl methyl sites for hydroxylation is 1. The summed E-state index contributed by atoms with van der Waals surface area (Å²) < 4.78 is 1.01. The maximum atomic E-state index is 12.4. The Morgan fingerprint density at radius 2 is 1.94 bits per heavy atom. The Balaban J connectivity index is 2.21. The second-order valence-electron chi connectivity index (χ2n) is 4.98. The minimum atomic E-state index is 0.206. The second-order valence-corrected chi connectivity index (χ2v) is 5.83. The Morgan fingerprint density at radius 3 is 2.72 bits per heavy atom. The van der Waals surface area contributed by atoms with Gasteiger partial charge < -0.3 is 0 Å². The van der Waals surface area contributed by atoms with E-state index in [4.69, 9.17) is 0 Å². The van der Waals surface area contributed by atoms with Crippen molar-refractivity contribution < 1.29 is 4.79 Å². The molecule has 0 saturated carbocycles. The molecule has 0 fully saturated rings. The molecular weight excluding hydrogens is 288 g/mol. The van der Waals surface area contributed by atoms with Crippen molar-refractivity contribution in [1.29, 1.82) is 0 Å². The number of hydrogen-bond donors (Lipinski definition) is 0. The molecule has 0 amide bonds. The maximum absolute atomic E-state index is 12.4. The van der Waals surface area contributed by atoms with Crippen LogP contribution < -0.4 is 0 Å². The topological polar surface area (TPSA) is 17.1 Å². The minimum Gasteiger partial charge on any atom is -0.289 e. The Morgan fingerprint density at radius 1 is 1.17 bits per heavy atom. The fraction of sp³-hybridized carbons (Fsp3) is 0.438. The molecule has 1 aromatic rings. The smallest absolute Gasteiger partial charge is 0.188 e. The number of ketones is 1. The zero-order valence-corrected chi connectivity index (χ0v) is 12.4. The molecule has 0 radical (unpaired) electrons. The third-order valence-electron chi connectivity index (χ3n) is 3.52. The van der Waals surface area contributed by atoms with Crippen molar-refractivity contribution in [3.05, 3.63) is 45.4 Å². The van der Waals surface area contributed by atoms with Gasteiger partial charge in [0, 0.05) is 10.0 Å². The molecule has 0 unspecified atom stereocenters. The molecule has 0 spiro atoms. The summed E-state index contributed by atoms with van der Waals surface area (Å²) >= 11 is 3.49. The van der Waals surface area contributed by atoms with Gasteiger partial charge in [-0.1, -0.05) is 47.0 Å². The first-order valence-corrected chi connectivity index (χ1v) is 7.47. The van der Waals surface area contributed by atoms with Gasteiger partial charge in [0.15, 0.2) is 5.78 Å². The molecule has 1 aromatic carbocycles. The van der Waals surface area contributed by atoms with Crippen LogP contribution in [-0.2, 0) is 0 Å². The molecule has 0 heterocycles. The van der Waals surface area contributed by atoms with Crippen LogP contribution >= 0.6 is 15.9 Å². The molecule has 2 heteroatoms. The largest absolute Gasteiger partial charge is 0.289 e. The summed E-state index contributed by atoms with van der Waals surface area (Å²) in [5, 5.41) is 0. The van der Waals surface area contributed by atoms with E-state index in [9.17, 15) is 4.79 Å². The standard InChI is InChI=1S/C16H19BrO/c1-12-9-10-14(11-15(12)17)16(18)13-7-5-3-2-4-6-8-13/h7,9-11H,2-6,8H2,1H3/b13-7+. The van der Waals surface area contributed by atoms with Gasteiger partial charge in [0.25, 0.3) is 0 Å². The average Bonchev–Trinajstić information content (AvgIpc) is 2.31. The lowest BCUT2D eigenvalue weighted by Crippen LogP contribution is -2.05. The molecule has 0 atom stereocenters. The van der Waals surface area contributed by atoms with E-state index >= 15 is 0 Å². The van der Waals surface area contributed by atoms with Crippen LogP contribution in [0.25, 0.3) is 0 Å². The van der Waals surface area contributed by atoms with Gasteiger partial charge in [-0.15, -0.1) is 0 Å². The van der Waals surface area contributed by atoms with Crippen molar-refractivity contribution in [2.24, 2.45) is 0 Å². The predicted octanol–water partition coefficient (Wildman–Crippen LogP) is 5.22. The number of Topliss-reactive ketones (excluding diaryl/α,β-unsaturated/α-hetero) is 1. The van der Waals surface area contributed by atoms with E-state index in [2.05, 4.69) is 22.0 Å². The lowest BCUT2D eigenvalue weighted by molar-refractivity contribution is 0.102. The molecule has 0 aliphatic heterocycles. The third-order valence-corrected chi connectivity index (χ3v) is 4.37. The van der Waals surface area contributed by atoms with E-state index in [0.29, 0.717) is 0 Å². The number of allylic oxidation sites excluding steroid dienone is 2. The SMILES string of the molecule is Cc1ccc(C(=O)/C2=C/CCCCCC2)cc1Br. The Hall–Kier alpha value is -0.890. The van der Waals surface area contributed by atoms with Crippen molar-refractivity contribution in [3.63, 3.8) is 0 Å². The van der Waals surface area contributed by atoms with E-state index < -0.39 is 0 Å². The van der Waals surface area contributed by atoms with Crippen LogP contribution in [-0.4, -0.2) is 5.78 Å². The molecule has 96 valence electrons. The van der Waals surface area contributed by atoms with Gasteiger partial charge in [-0.25, -0.2) is 0 Å². The molecule has 18 heavy (non-hydrogen) atoms. The predicted molar refractivity (Wildman–Crippen MR) is 79.0 cm³/mol. The normalized spacial score (nSPS) is 19.6. The highest BCUT2D eigenvalue weighted by atomic mass is 79.9. The molecule has 1 aliphatic rings. The number of rotatable bonds is 2. The molecule has 0 saturated heterocycles. The van der Waals surface area contributed by atoms with Crippen LogP contribution in [0.1, 0.15) is 54.4 Å². The van der Waals surface area contributed by atoms with Crippen LogP contribution in [0, 0.1) is 6.92 Å². The van der Waals surface area contributed by atoms with Crippen LogP contribution in [0.2, 0.25) is 0 Å². The van der Waals surface area contributed by atoms with Gasteiger partial charge in [-0.05, 0) is 49.8 Å². The van der Waals surface area contributed by atoms with Gasteiger partial charge in [0.1, 0.15) is 0 Å². The quantitative estimate of drug-likeness (QED) is 0.685. The summed E-state index contributed by atoms with van der Waals surface area (Å²) in [6.45, 7) is 2.04. The zero-order valence-electron chi connectivity index (χ0n) is 10.8. The van der Waals surface area contributed by atoms with Crippen molar-refractivity contribution in [3.8, 4) is 0 Å². The van der Waals surface area contributed by atoms with E-state index in [1.807, 2.05) is 25.1 Å². The lowest BCUT2D eigenvalue weighted by Gasteiger charge is -2.11. The molecule has 1 aliphatic carbocycles. The first kappa shape index (κ1) is 13.5. The van der Waals surface area contributed by atoms with E-state index in [0.717, 1.165) is 40.4 Å². The third kappa shape index (κ3) is 3.32. The molecule has 0 N–H and O–H groups in total. The zero-order chi connectivity index (χ0) is 13.0. The fourth-order valence-corrected chi connectivity index (χ4v) is 2.70. The van der Waals surface area contributed by atoms with Gasteiger partial charge in [-0.3, -0.25) is 4.79 Å². The summed E-state index contributed by atoms with van der Waals surface area (Å²) in [7, 11) is 0. The average molecular weight is 307 g/mol. The number of hydrogen-bond acceptors (Lipinski definition) is 1. The summed E-state index contributed by atoms with van der Waals surface area (Å²) in [6.07, 6.45) is 9.04. The van der Waals surface area contributed by atoms with Crippen molar-refractivity contribution >= 4 is 21.7 Å². The Labute approximate surface area is 117 Å². The van der Waals surface area contributed by atoms with Crippen LogP contribution in [0.15, 0.2) is 34.3 Å². The Bertz CT molecular complexity index is 474. The minimum absolute atomic E-state index is 0.206. The molecule has 0 aromatic heterocycles. The Kier molecular flexibility index (Phi) is 4.76. The van der Waals surface area contributed by atoms with Crippen molar-refractivity contribution in [2.45, 2.75) is 45.4 Å². The van der Waals surface area contributed by atoms with Gasteiger partial charge in [0.2, 0.25) is 0 Å². The monoisotopic (exact) mass is 306 g/mol. The van der Waals surface area contributed by atoms with Crippen molar-refractivity contribution in [2.75, 3.05) is 0 Å². The van der Waals surface area contributed by atoms with Gasteiger partial charge in [0.05, 0.1) is 0 Å². The first-order chi connectivity index (χ1) is 8.68. The highest BCUT2D eigenvalue weighted by Gasteiger charge is 2.13. The summed E-state index contributed by atoms with van der Waals surface area (Å²) in [5.74, 6) is 0.206. The highest BCUT2D eigenvalue weighted by Crippen LogP contribution is 2.23. The first-order valence-electron chi connectivity index (χ1n) is 6.68. The van der Waals surface area contributed by atoms with Crippen LogP contribution in [0.4, 0.5) is 0 Å². The second kappa shape index (κ2) is 6.33. The van der Waals surface area contributed by atoms with Gasteiger partial charge in [-0.2, -0.15) is 0 Å². The summed E-state index contributed by atoms with van der Waals surface area (Å²) in [6, 6.07) is 5.88. The summed E-state index contributed by atoms with van der Waals surface area (Å²) in [5.41, 5.74) is 2.97. The number of benzene rings is 1. The lowest BCUT2D eigenvalue weighted by atomic mass is 9.94. The van der Waals surface area contributed by atoms with Gasteiger partial charge >= 0.3 is 0 Å². The number of carbonyl (C=O) groups is 1. The maximum Gasteiger partial charge on any atom is 0.188 e. The van der Waals surface area contributed by atoms with E-state index in [1.165, 1.54) is 19.3 Å². The van der Waals surface area contributed by atoms with Crippen LogP contribution in [0.3, 0.4) is 0 Å². The van der Waals surface area contributed by atoms with Crippen molar-refractivity contribution in [1.82, 2.24) is 0 Å².